The molecule has 2 aromatic rings. The third kappa shape index (κ3) is 2.90. The minimum absolute atomic E-state index is 0.0644. The van der Waals surface area contributed by atoms with E-state index in [2.05, 4.69) is 9.97 Å². The van der Waals surface area contributed by atoms with Crippen LogP contribution in [0.15, 0.2) is 24.5 Å². The highest BCUT2D eigenvalue weighted by Crippen LogP contribution is 2.16. The molecule has 16 heavy (non-hydrogen) atoms. The van der Waals surface area contributed by atoms with E-state index in [1.807, 2.05) is 0 Å². The molecule has 1 aromatic heterocycles. The van der Waals surface area contributed by atoms with Gasteiger partial charge in [-0.25, -0.2) is 4.98 Å². The summed E-state index contributed by atoms with van der Waals surface area (Å²) in [5, 5.41) is 24.0. The maximum atomic E-state index is 10.3. The van der Waals surface area contributed by atoms with Gasteiger partial charge in [0.1, 0.15) is 0 Å². The molecule has 0 radical (unpaired) electrons. The topological polar surface area (TPSA) is 135 Å². The number of imidazole rings is 1. The number of hydrogen-bond donors (Lipinski definition) is 2. The average molecular weight is 226 g/mol. The molecule has 0 aliphatic carbocycles. The molecule has 0 atom stereocenters. The van der Waals surface area contributed by atoms with Crippen LogP contribution in [0.1, 0.15) is 0 Å². The summed E-state index contributed by atoms with van der Waals surface area (Å²) in [4.78, 5) is 25.0. The van der Waals surface area contributed by atoms with Crippen molar-refractivity contribution in [2.45, 2.75) is 0 Å². The Morgan fingerprint density at radius 3 is 2.50 bits per heavy atom. The molecule has 0 amide bonds. The van der Waals surface area contributed by atoms with Crippen molar-refractivity contribution in [2.24, 2.45) is 0 Å². The van der Waals surface area contributed by atoms with E-state index < -0.39 is 10.0 Å². The average Bonchev–Trinajstić information content (AvgIpc) is 2.62. The van der Waals surface area contributed by atoms with Crippen LogP contribution in [0.2, 0.25) is 0 Å². The quantitative estimate of drug-likeness (QED) is 0.552. The molecule has 0 spiro atoms. The second-order valence-corrected chi connectivity index (χ2v) is 2.60. The highest BCUT2D eigenvalue weighted by molar-refractivity contribution is 5.76. The van der Waals surface area contributed by atoms with Gasteiger partial charge in [0.05, 0.1) is 22.3 Å². The Kier molecular flexibility index (Phi) is 3.33. The number of non-ortho nitro benzene ring substituents is 1. The molecule has 9 heteroatoms. The Morgan fingerprint density at radius 2 is 1.94 bits per heavy atom. The summed E-state index contributed by atoms with van der Waals surface area (Å²) in [6, 6.07) is 4.52. The standard InChI is InChI=1S/C7H5N3O2.HNO3/c11-10(12)5-1-2-6-7(3-5)9-4-8-6;2-1(3)4/h1-4H,(H,8,9);(H,2,3,4). The number of aromatic amines is 1. The molecule has 0 unspecified atom stereocenters. The van der Waals surface area contributed by atoms with Gasteiger partial charge in [0.25, 0.3) is 10.8 Å². The number of nitrogens with zero attached hydrogens (tertiary/aromatic N) is 3. The van der Waals surface area contributed by atoms with Crippen LogP contribution in [0.5, 0.6) is 0 Å². The van der Waals surface area contributed by atoms with E-state index >= 15 is 0 Å². The second-order valence-electron chi connectivity index (χ2n) is 2.60. The summed E-state index contributed by atoms with van der Waals surface area (Å²) in [5.41, 5.74) is 1.49. The highest BCUT2D eigenvalue weighted by Gasteiger charge is 2.06. The van der Waals surface area contributed by atoms with Gasteiger partial charge in [0.2, 0.25) is 0 Å². The summed E-state index contributed by atoms with van der Waals surface area (Å²) < 4.78 is 0. The van der Waals surface area contributed by atoms with Crippen LogP contribution >= 0.6 is 0 Å². The van der Waals surface area contributed by atoms with Crippen LogP contribution in [0.3, 0.4) is 0 Å². The van der Waals surface area contributed by atoms with Crippen LogP contribution < -0.4 is 0 Å². The summed E-state index contributed by atoms with van der Waals surface area (Å²) >= 11 is 0. The van der Waals surface area contributed by atoms with Crippen LogP contribution in [0.4, 0.5) is 5.69 Å². The molecule has 2 rings (SSSR count). The molecular formula is C7H6N4O5. The molecule has 0 saturated carbocycles. The first kappa shape index (κ1) is 11.4. The zero-order valence-electron chi connectivity index (χ0n) is 7.73. The predicted molar refractivity (Wildman–Crippen MR) is 51.5 cm³/mol. The number of aromatic nitrogens is 2. The molecule has 84 valence electrons. The van der Waals surface area contributed by atoms with Crippen molar-refractivity contribution in [1.82, 2.24) is 9.97 Å². The van der Waals surface area contributed by atoms with E-state index in [0.717, 1.165) is 5.52 Å². The zero-order valence-corrected chi connectivity index (χ0v) is 7.73. The van der Waals surface area contributed by atoms with E-state index in [9.17, 15) is 10.1 Å². The highest BCUT2D eigenvalue weighted by atomic mass is 16.9. The van der Waals surface area contributed by atoms with Gasteiger partial charge in [-0.3, -0.25) is 10.1 Å². The summed E-state index contributed by atoms with van der Waals surface area (Å²) in [5.74, 6) is 0. The lowest BCUT2D eigenvalue weighted by Crippen LogP contribution is -1.86. The molecule has 1 heterocycles. The zero-order chi connectivity index (χ0) is 12.1. The lowest BCUT2D eigenvalue weighted by Gasteiger charge is -1.89. The van der Waals surface area contributed by atoms with Crippen molar-refractivity contribution in [1.29, 1.82) is 0 Å². The van der Waals surface area contributed by atoms with E-state index in [1.165, 1.54) is 18.5 Å². The molecule has 9 nitrogen and oxygen atoms in total. The van der Waals surface area contributed by atoms with Crippen LogP contribution in [-0.4, -0.2) is 25.2 Å². The molecule has 0 fully saturated rings. The maximum Gasteiger partial charge on any atom is 0.291 e. The molecule has 0 aliphatic rings. The fourth-order valence-electron chi connectivity index (χ4n) is 1.03. The number of nitro benzene ring substituents is 1. The van der Waals surface area contributed by atoms with Crippen LogP contribution in [0.25, 0.3) is 11.0 Å². The number of rotatable bonds is 1. The Hall–Kier alpha value is -2.71. The normalized spacial score (nSPS) is 9.25. The van der Waals surface area contributed by atoms with Crippen LogP contribution in [-0.2, 0) is 0 Å². The number of hydrogen-bond acceptors (Lipinski definition) is 5. The second kappa shape index (κ2) is 4.68. The third-order valence-electron chi connectivity index (χ3n) is 1.62. The number of fused-ring (bicyclic) bond motifs is 1. The molecule has 2 N–H and O–H groups in total. The van der Waals surface area contributed by atoms with Crippen molar-refractivity contribution in [3.63, 3.8) is 0 Å². The lowest BCUT2D eigenvalue weighted by molar-refractivity contribution is -0.742. The molecule has 0 saturated heterocycles. The first-order valence-electron chi connectivity index (χ1n) is 3.91. The van der Waals surface area contributed by atoms with Gasteiger partial charge in [-0.1, -0.05) is 0 Å². The first-order chi connectivity index (χ1) is 7.50. The number of nitrogens with one attached hydrogen (secondary N) is 1. The maximum absolute atomic E-state index is 10.3. The molecule has 1 aromatic carbocycles. The van der Waals surface area contributed by atoms with Gasteiger partial charge in [0, 0.05) is 12.1 Å². The summed E-state index contributed by atoms with van der Waals surface area (Å²) in [7, 11) is 0. The van der Waals surface area contributed by atoms with Gasteiger partial charge >= 0.3 is 0 Å². The van der Waals surface area contributed by atoms with Gasteiger partial charge in [-0.15, -0.1) is 10.1 Å². The van der Waals surface area contributed by atoms with Crippen molar-refractivity contribution in [2.75, 3.05) is 0 Å². The first-order valence-corrected chi connectivity index (χ1v) is 3.91. The van der Waals surface area contributed by atoms with Gasteiger partial charge < -0.3 is 10.2 Å². The fourth-order valence-corrected chi connectivity index (χ4v) is 1.03. The minimum atomic E-state index is -1.50. The van der Waals surface area contributed by atoms with E-state index in [4.69, 9.17) is 15.3 Å². The van der Waals surface area contributed by atoms with Gasteiger partial charge in [0.15, 0.2) is 0 Å². The Morgan fingerprint density at radius 1 is 1.31 bits per heavy atom. The van der Waals surface area contributed by atoms with Gasteiger partial charge in [-0.05, 0) is 6.07 Å². The smallest absolute Gasteiger partial charge is 0.291 e. The minimum Gasteiger partial charge on any atom is -0.345 e. The molecular weight excluding hydrogens is 220 g/mol. The lowest BCUT2D eigenvalue weighted by atomic mass is 10.3. The molecule has 0 aliphatic heterocycles. The molecule has 0 bridgehead atoms. The van der Waals surface area contributed by atoms with Crippen LogP contribution in [0, 0.1) is 20.2 Å². The Labute approximate surface area is 87.6 Å². The van der Waals surface area contributed by atoms with E-state index in [0.29, 0.717) is 5.52 Å². The Balaban J connectivity index is 0.000000280. The third-order valence-corrected chi connectivity index (χ3v) is 1.62. The fraction of sp³-hybridized carbons (Fsp3) is 0. The van der Waals surface area contributed by atoms with Gasteiger partial charge in [-0.2, -0.15) is 0 Å². The van der Waals surface area contributed by atoms with Crippen molar-refractivity contribution in [3.05, 3.63) is 44.8 Å². The van der Waals surface area contributed by atoms with Crippen molar-refractivity contribution >= 4 is 16.7 Å². The number of benzene rings is 1. The van der Waals surface area contributed by atoms with E-state index in [-0.39, 0.29) is 5.69 Å². The number of nitro groups is 1. The van der Waals surface area contributed by atoms with Crippen molar-refractivity contribution < 1.29 is 15.2 Å². The summed E-state index contributed by atoms with van der Waals surface area (Å²) in [6.07, 6.45) is 1.51. The monoisotopic (exact) mass is 226 g/mol. The Bertz CT molecular complexity index is 518. The number of H-pyrrole nitrogens is 1. The van der Waals surface area contributed by atoms with Crippen molar-refractivity contribution in [3.8, 4) is 0 Å². The van der Waals surface area contributed by atoms with E-state index in [1.54, 1.807) is 6.07 Å². The SMILES string of the molecule is O=[N+]([O-])O.O=[N+]([O-])c1ccc2[nH]cnc2c1. The predicted octanol–water partition coefficient (Wildman–Crippen LogP) is 1.12. The summed E-state index contributed by atoms with van der Waals surface area (Å²) in [6.45, 7) is 0. The largest absolute Gasteiger partial charge is 0.345 e.